The van der Waals surface area contributed by atoms with E-state index in [1.54, 1.807) is 0 Å². The van der Waals surface area contributed by atoms with E-state index in [1.165, 1.54) is 6.42 Å². The van der Waals surface area contributed by atoms with Gasteiger partial charge in [0.05, 0.1) is 5.60 Å². The summed E-state index contributed by atoms with van der Waals surface area (Å²) in [6.45, 7) is 2.69. The van der Waals surface area contributed by atoms with Crippen LogP contribution >= 0.6 is 0 Å². The van der Waals surface area contributed by atoms with Crippen molar-refractivity contribution in [3.05, 3.63) is 0 Å². The van der Waals surface area contributed by atoms with Gasteiger partial charge in [0, 0.05) is 6.54 Å². The molecule has 0 bridgehead atoms. The van der Waals surface area contributed by atoms with Crippen LogP contribution in [0.4, 0.5) is 0 Å². The lowest BCUT2D eigenvalue weighted by molar-refractivity contribution is -0.133. The molecule has 0 aromatic heterocycles. The third-order valence-electron chi connectivity index (χ3n) is 3.49. The van der Waals surface area contributed by atoms with Gasteiger partial charge in [-0.3, -0.25) is 4.79 Å². The largest absolute Gasteiger partial charge is 0.368 e. The van der Waals surface area contributed by atoms with E-state index < -0.39 is 5.91 Å². The zero-order chi connectivity index (χ0) is 11.3. The van der Waals surface area contributed by atoms with Crippen molar-refractivity contribution in [1.82, 2.24) is 0 Å². The number of hydrogen-bond acceptors (Lipinski definition) is 3. The van der Waals surface area contributed by atoms with E-state index in [-0.39, 0.29) is 12.2 Å². The van der Waals surface area contributed by atoms with Crippen molar-refractivity contribution in [2.75, 3.05) is 13.2 Å². The van der Waals surface area contributed by atoms with Gasteiger partial charge in [-0.05, 0) is 31.6 Å². The topological polar surface area (TPSA) is 78.3 Å². The molecule has 15 heavy (non-hydrogen) atoms. The Morgan fingerprint density at radius 3 is 2.47 bits per heavy atom. The number of rotatable bonds is 5. The van der Waals surface area contributed by atoms with Crippen LogP contribution in [0.5, 0.6) is 0 Å². The third-order valence-corrected chi connectivity index (χ3v) is 3.49. The van der Waals surface area contributed by atoms with Gasteiger partial charge in [0.25, 0.3) is 0 Å². The maximum Gasteiger partial charge on any atom is 0.243 e. The van der Waals surface area contributed by atoms with Gasteiger partial charge in [-0.25, -0.2) is 0 Å². The highest BCUT2D eigenvalue weighted by atomic mass is 16.5. The van der Waals surface area contributed by atoms with Crippen LogP contribution < -0.4 is 11.5 Å². The Labute approximate surface area is 91.3 Å². The van der Waals surface area contributed by atoms with Crippen LogP contribution in [0.25, 0.3) is 0 Å². The number of nitrogens with two attached hydrogens (primary N) is 2. The molecule has 0 unspecified atom stereocenters. The number of amides is 1. The molecule has 1 fully saturated rings. The van der Waals surface area contributed by atoms with Crippen molar-refractivity contribution in [2.45, 2.75) is 44.6 Å². The minimum atomic E-state index is -0.416. The van der Waals surface area contributed by atoms with Crippen molar-refractivity contribution >= 4 is 5.91 Å². The maximum absolute atomic E-state index is 10.7. The highest BCUT2D eigenvalue weighted by molar-refractivity contribution is 5.75. The summed E-state index contributed by atoms with van der Waals surface area (Å²) >= 11 is 0. The van der Waals surface area contributed by atoms with Gasteiger partial charge in [-0.1, -0.05) is 13.3 Å². The first-order chi connectivity index (χ1) is 7.12. The predicted octanol–water partition coefficient (Wildman–Crippen LogP) is 0.786. The minimum absolute atomic E-state index is 0.00596. The molecule has 1 aliphatic carbocycles. The molecule has 0 saturated heterocycles. The van der Waals surface area contributed by atoms with E-state index in [2.05, 4.69) is 6.92 Å². The smallest absolute Gasteiger partial charge is 0.243 e. The summed E-state index contributed by atoms with van der Waals surface area (Å²) in [6.07, 6.45) is 5.42. The number of hydrogen-bond donors (Lipinski definition) is 2. The molecule has 1 rings (SSSR count). The molecule has 0 aromatic rings. The molecular formula is C11H22N2O2. The Morgan fingerprint density at radius 2 is 2.07 bits per heavy atom. The van der Waals surface area contributed by atoms with E-state index in [4.69, 9.17) is 16.2 Å². The first-order valence-electron chi connectivity index (χ1n) is 5.74. The van der Waals surface area contributed by atoms with Crippen molar-refractivity contribution in [3.63, 3.8) is 0 Å². The standard InChI is InChI=1S/C11H22N2O2/c1-2-9-3-5-11(8-12,6-4-9)15-7-10(13)14/h9H,2-8,12H2,1H3,(H2,13,14). The van der Waals surface area contributed by atoms with Gasteiger partial charge in [0.1, 0.15) is 6.61 Å². The normalized spacial score (nSPS) is 31.5. The van der Waals surface area contributed by atoms with Crippen LogP contribution in [0.3, 0.4) is 0 Å². The fraction of sp³-hybridized carbons (Fsp3) is 0.909. The second kappa shape index (κ2) is 5.47. The molecule has 88 valence electrons. The lowest BCUT2D eigenvalue weighted by atomic mass is 9.77. The molecule has 0 heterocycles. The summed E-state index contributed by atoms with van der Waals surface area (Å²) in [6, 6.07) is 0. The molecule has 0 aromatic carbocycles. The summed E-state index contributed by atoms with van der Waals surface area (Å²) in [5, 5.41) is 0. The minimum Gasteiger partial charge on any atom is -0.368 e. The maximum atomic E-state index is 10.7. The second-order valence-corrected chi connectivity index (χ2v) is 4.49. The van der Waals surface area contributed by atoms with Crippen LogP contribution in [0.2, 0.25) is 0 Å². The molecule has 1 amide bonds. The quantitative estimate of drug-likeness (QED) is 0.710. The molecule has 4 N–H and O–H groups in total. The van der Waals surface area contributed by atoms with Gasteiger partial charge in [-0.2, -0.15) is 0 Å². The molecule has 0 spiro atoms. The molecular weight excluding hydrogens is 192 g/mol. The van der Waals surface area contributed by atoms with Gasteiger partial charge in [0.15, 0.2) is 0 Å². The zero-order valence-electron chi connectivity index (χ0n) is 9.50. The van der Waals surface area contributed by atoms with E-state index in [9.17, 15) is 4.79 Å². The van der Waals surface area contributed by atoms with E-state index in [1.807, 2.05) is 0 Å². The van der Waals surface area contributed by atoms with E-state index in [0.717, 1.165) is 31.6 Å². The molecule has 0 atom stereocenters. The molecule has 0 radical (unpaired) electrons. The number of primary amides is 1. The molecule has 4 nitrogen and oxygen atoms in total. The molecule has 1 aliphatic rings. The number of ether oxygens (including phenoxy) is 1. The zero-order valence-corrected chi connectivity index (χ0v) is 9.50. The first-order valence-corrected chi connectivity index (χ1v) is 5.74. The monoisotopic (exact) mass is 214 g/mol. The lowest BCUT2D eigenvalue weighted by Crippen LogP contribution is -2.45. The highest BCUT2D eigenvalue weighted by Crippen LogP contribution is 2.35. The van der Waals surface area contributed by atoms with Gasteiger partial charge in [0.2, 0.25) is 5.91 Å². The summed E-state index contributed by atoms with van der Waals surface area (Å²) in [4.78, 5) is 10.7. The fourth-order valence-corrected chi connectivity index (χ4v) is 2.24. The lowest BCUT2D eigenvalue weighted by Gasteiger charge is -2.38. The van der Waals surface area contributed by atoms with Crippen LogP contribution in [-0.2, 0) is 9.53 Å². The summed E-state index contributed by atoms with van der Waals surface area (Å²) < 4.78 is 5.57. The Morgan fingerprint density at radius 1 is 1.47 bits per heavy atom. The van der Waals surface area contributed by atoms with Crippen LogP contribution in [0.15, 0.2) is 0 Å². The van der Waals surface area contributed by atoms with Crippen molar-refractivity contribution in [2.24, 2.45) is 17.4 Å². The van der Waals surface area contributed by atoms with Gasteiger partial charge < -0.3 is 16.2 Å². The Hall–Kier alpha value is -0.610. The second-order valence-electron chi connectivity index (χ2n) is 4.49. The van der Waals surface area contributed by atoms with Crippen molar-refractivity contribution < 1.29 is 9.53 Å². The summed E-state index contributed by atoms with van der Waals surface area (Å²) in [7, 11) is 0. The predicted molar refractivity (Wildman–Crippen MR) is 59.2 cm³/mol. The summed E-state index contributed by atoms with van der Waals surface area (Å²) in [5.74, 6) is 0.377. The average molecular weight is 214 g/mol. The number of carbonyl (C=O) groups excluding carboxylic acids is 1. The third kappa shape index (κ3) is 3.47. The summed E-state index contributed by atoms with van der Waals surface area (Å²) in [5.41, 5.74) is 10.5. The highest BCUT2D eigenvalue weighted by Gasteiger charge is 2.34. The Balaban J connectivity index is 2.44. The number of carbonyl (C=O) groups is 1. The van der Waals surface area contributed by atoms with Gasteiger partial charge in [-0.15, -0.1) is 0 Å². The SMILES string of the molecule is CCC1CCC(CN)(OCC(N)=O)CC1. The van der Waals surface area contributed by atoms with Gasteiger partial charge >= 0.3 is 0 Å². The Bertz CT molecular complexity index is 211. The van der Waals surface area contributed by atoms with Crippen LogP contribution in [-0.4, -0.2) is 24.7 Å². The fourth-order valence-electron chi connectivity index (χ4n) is 2.24. The van der Waals surface area contributed by atoms with Crippen LogP contribution in [0.1, 0.15) is 39.0 Å². The average Bonchev–Trinajstić information content (AvgIpc) is 2.27. The Kier molecular flexibility index (Phi) is 4.54. The van der Waals surface area contributed by atoms with Crippen LogP contribution in [0, 0.1) is 5.92 Å². The molecule has 0 aliphatic heterocycles. The van der Waals surface area contributed by atoms with Crippen molar-refractivity contribution in [1.29, 1.82) is 0 Å². The van der Waals surface area contributed by atoms with E-state index in [0.29, 0.717) is 6.54 Å². The van der Waals surface area contributed by atoms with Crippen molar-refractivity contribution in [3.8, 4) is 0 Å². The molecule has 4 heteroatoms. The van der Waals surface area contributed by atoms with E-state index >= 15 is 0 Å². The molecule has 1 saturated carbocycles. The first kappa shape index (κ1) is 12.5.